The number of nitrogens with zero attached hydrogens (tertiary/aromatic N) is 1. The Morgan fingerprint density at radius 2 is 2.07 bits per heavy atom. The minimum atomic E-state index is 0.113. The molecular weight excluding hydrogens is 178 g/mol. The number of rotatable bonds is 8. The van der Waals surface area contributed by atoms with Gasteiger partial charge in [0.1, 0.15) is 0 Å². The van der Waals surface area contributed by atoms with Crippen molar-refractivity contribution in [1.29, 1.82) is 0 Å². The Hall–Kier alpha value is -0.610. The number of amides is 1. The van der Waals surface area contributed by atoms with Gasteiger partial charge in [0, 0.05) is 6.54 Å². The molecule has 1 amide bonds. The SMILES string of the molecule is CCNC(=O)CN(CC)CCCCN. The first kappa shape index (κ1) is 13.4. The highest BCUT2D eigenvalue weighted by molar-refractivity contribution is 5.77. The van der Waals surface area contributed by atoms with Crippen LogP contribution in [0.2, 0.25) is 0 Å². The first-order chi connectivity index (χ1) is 6.74. The van der Waals surface area contributed by atoms with Crippen molar-refractivity contribution in [2.24, 2.45) is 5.73 Å². The van der Waals surface area contributed by atoms with Crippen LogP contribution in [0.4, 0.5) is 0 Å². The smallest absolute Gasteiger partial charge is 0.234 e. The lowest BCUT2D eigenvalue weighted by molar-refractivity contribution is -0.122. The number of hydrogen-bond acceptors (Lipinski definition) is 3. The van der Waals surface area contributed by atoms with E-state index < -0.39 is 0 Å². The van der Waals surface area contributed by atoms with Crippen LogP contribution in [0.15, 0.2) is 0 Å². The molecule has 0 spiro atoms. The molecule has 0 bridgehead atoms. The highest BCUT2D eigenvalue weighted by Crippen LogP contribution is 1.93. The van der Waals surface area contributed by atoms with Crippen molar-refractivity contribution in [2.75, 3.05) is 32.7 Å². The van der Waals surface area contributed by atoms with E-state index in [1.54, 1.807) is 0 Å². The van der Waals surface area contributed by atoms with Crippen LogP contribution < -0.4 is 11.1 Å². The molecule has 14 heavy (non-hydrogen) atoms. The zero-order valence-electron chi connectivity index (χ0n) is 9.38. The van der Waals surface area contributed by atoms with Gasteiger partial charge in [-0.15, -0.1) is 0 Å². The molecule has 0 rings (SSSR count). The summed E-state index contributed by atoms with van der Waals surface area (Å²) in [5, 5.41) is 2.80. The van der Waals surface area contributed by atoms with Gasteiger partial charge < -0.3 is 11.1 Å². The molecule has 4 nitrogen and oxygen atoms in total. The Bertz CT molecular complexity index is 150. The fourth-order valence-corrected chi connectivity index (χ4v) is 1.28. The maximum Gasteiger partial charge on any atom is 0.234 e. The number of carbonyl (C=O) groups is 1. The lowest BCUT2D eigenvalue weighted by atomic mass is 10.3. The summed E-state index contributed by atoms with van der Waals surface area (Å²) < 4.78 is 0. The fourth-order valence-electron chi connectivity index (χ4n) is 1.28. The molecule has 0 aliphatic rings. The maximum atomic E-state index is 11.3. The third-order valence-electron chi connectivity index (χ3n) is 2.12. The van der Waals surface area contributed by atoms with Gasteiger partial charge in [0.15, 0.2) is 0 Å². The summed E-state index contributed by atoms with van der Waals surface area (Å²) in [6.45, 7) is 7.84. The lowest BCUT2D eigenvalue weighted by Crippen LogP contribution is -2.37. The van der Waals surface area contributed by atoms with E-state index in [1.165, 1.54) is 0 Å². The summed E-state index contributed by atoms with van der Waals surface area (Å²) in [6.07, 6.45) is 2.11. The number of nitrogens with one attached hydrogen (secondary N) is 1. The van der Waals surface area contributed by atoms with E-state index in [0.29, 0.717) is 13.1 Å². The predicted octanol–water partition coefficient (Wildman–Crippen LogP) is 0.183. The summed E-state index contributed by atoms with van der Waals surface area (Å²) in [4.78, 5) is 13.4. The predicted molar refractivity (Wildman–Crippen MR) is 59.1 cm³/mol. The van der Waals surface area contributed by atoms with Crippen LogP contribution in [0.3, 0.4) is 0 Å². The minimum Gasteiger partial charge on any atom is -0.355 e. The molecule has 0 fully saturated rings. The van der Waals surface area contributed by atoms with Crippen LogP contribution in [-0.2, 0) is 4.79 Å². The summed E-state index contributed by atoms with van der Waals surface area (Å²) in [7, 11) is 0. The summed E-state index contributed by atoms with van der Waals surface area (Å²) in [6, 6.07) is 0. The van der Waals surface area contributed by atoms with Crippen LogP contribution in [0.25, 0.3) is 0 Å². The Kier molecular flexibility index (Phi) is 8.57. The number of hydrogen-bond donors (Lipinski definition) is 2. The van der Waals surface area contributed by atoms with E-state index in [1.807, 2.05) is 6.92 Å². The van der Waals surface area contributed by atoms with Crippen LogP contribution in [0.5, 0.6) is 0 Å². The van der Waals surface area contributed by atoms with Gasteiger partial charge in [-0.05, 0) is 39.4 Å². The number of carbonyl (C=O) groups excluding carboxylic acids is 1. The molecule has 0 unspecified atom stereocenters. The molecule has 0 saturated heterocycles. The van der Waals surface area contributed by atoms with Gasteiger partial charge >= 0.3 is 0 Å². The van der Waals surface area contributed by atoms with Crippen LogP contribution in [0.1, 0.15) is 26.7 Å². The van der Waals surface area contributed by atoms with E-state index in [-0.39, 0.29) is 5.91 Å². The van der Waals surface area contributed by atoms with Gasteiger partial charge in [-0.25, -0.2) is 0 Å². The average molecular weight is 201 g/mol. The van der Waals surface area contributed by atoms with Gasteiger partial charge in [-0.1, -0.05) is 6.92 Å². The van der Waals surface area contributed by atoms with Crippen LogP contribution >= 0.6 is 0 Å². The van der Waals surface area contributed by atoms with Crippen molar-refractivity contribution < 1.29 is 4.79 Å². The summed E-state index contributed by atoms with van der Waals surface area (Å²) >= 11 is 0. The highest BCUT2D eigenvalue weighted by atomic mass is 16.2. The van der Waals surface area contributed by atoms with Gasteiger partial charge in [0.2, 0.25) is 5.91 Å². The first-order valence-corrected chi connectivity index (χ1v) is 5.43. The molecule has 0 saturated carbocycles. The Morgan fingerprint density at radius 3 is 2.57 bits per heavy atom. The van der Waals surface area contributed by atoms with E-state index in [4.69, 9.17) is 5.73 Å². The zero-order valence-corrected chi connectivity index (χ0v) is 9.38. The Balaban J connectivity index is 3.61. The number of nitrogens with two attached hydrogens (primary N) is 1. The monoisotopic (exact) mass is 201 g/mol. The van der Waals surface area contributed by atoms with Gasteiger partial charge in [0.25, 0.3) is 0 Å². The minimum absolute atomic E-state index is 0.113. The van der Waals surface area contributed by atoms with Crippen molar-refractivity contribution in [3.63, 3.8) is 0 Å². The summed E-state index contributed by atoms with van der Waals surface area (Å²) in [5.41, 5.74) is 5.41. The van der Waals surface area contributed by atoms with E-state index in [9.17, 15) is 4.79 Å². The third-order valence-corrected chi connectivity index (χ3v) is 2.12. The molecule has 84 valence electrons. The quantitative estimate of drug-likeness (QED) is 0.551. The molecule has 4 heteroatoms. The second-order valence-corrected chi connectivity index (χ2v) is 3.32. The van der Waals surface area contributed by atoms with Crippen molar-refractivity contribution >= 4 is 5.91 Å². The molecule has 3 N–H and O–H groups in total. The second-order valence-electron chi connectivity index (χ2n) is 3.32. The topological polar surface area (TPSA) is 58.4 Å². The Morgan fingerprint density at radius 1 is 1.36 bits per heavy atom. The maximum absolute atomic E-state index is 11.3. The van der Waals surface area contributed by atoms with Gasteiger partial charge in [0.05, 0.1) is 6.54 Å². The molecule has 0 aliphatic heterocycles. The largest absolute Gasteiger partial charge is 0.355 e. The first-order valence-electron chi connectivity index (χ1n) is 5.43. The van der Waals surface area contributed by atoms with Crippen LogP contribution in [0, 0.1) is 0 Å². The molecule has 0 radical (unpaired) electrons. The van der Waals surface area contributed by atoms with Crippen molar-refractivity contribution in [3.05, 3.63) is 0 Å². The standard InChI is InChI=1S/C10H23N3O/c1-3-12-10(14)9-13(4-2)8-6-5-7-11/h3-9,11H2,1-2H3,(H,12,14). The molecule has 0 aromatic rings. The van der Waals surface area contributed by atoms with E-state index >= 15 is 0 Å². The normalized spacial score (nSPS) is 10.6. The lowest BCUT2D eigenvalue weighted by Gasteiger charge is -2.19. The molecular formula is C10H23N3O. The highest BCUT2D eigenvalue weighted by Gasteiger charge is 2.06. The zero-order chi connectivity index (χ0) is 10.8. The third kappa shape index (κ3) is 6.86. The number of unbranched alkanes of at least 4 members (excludes halogenated alkanes) is 1. The van der Waals surface area contributed by atoms with Gasteiger partial charge in [-0.2, -0.15) is 0 Å². The second kappa shape index (κ2) is 8.97. The molecule has 0 aromatic heterocycles. The molecule has 0 atom stereocenters. The molecule has 0 aliphatic carbocycles. The van der Waals surface area contributed by atoms with Crippen molar-refractivity contribution in [1.82, 2.24) is 10.2 Å². The molecule has 0 aromatic carbocycles. The van der Waals surface area contributed by atoms with Gasteiger partial charge in [-0.3, -0.25) is 9.69 Å². The van der Waals surface area contributed by atoms with Crippen molar-refractivity contribution in [2.45, 2.75) is 26.7 Å². The summed E-state index contributed by atoms with van der Waals surface area (Å²) in [5.74, 6) is 0.113. The molecule has 0 heterocycles. The van der Waals surface area contributed by atoms with E-state index in [2.05, 4.69) is 17.1 Å². The fraction of sp³-hybridized carbons (Fsp3) is 0.900. The van der Waals surface area contributed by atoms with Crippen molar-refractivity contribution in [3.8, 4) is 0 Å². The van der Waals surface area contributed by atoms with Crippen LogP contribution in [-0.4, -0.2) is 43.5 Å². The van der Waals surface area contributed by atoms with E-state index in [0.717, 1.165) is 32.5 Å². The number of likely N-dealkylation sites (N-methyl/N-ethyl adjacent to an activating group) is 2. The average Bonchev–Trinajstić information content (AvgIpc) is 2.17. The Labute approximate surface area is 86.8 Å².